The molecule has 130 valence electrons. The summed E-state index contributed by atoms with van der Waals surface area (Å²) in [5.74, 6) is 0.452. The molecule has 0 saturated carbocycles. The lowest BCUT2D eigenvalue weighted by atomic mass is 10.00. The maximum atomic E-state index is 11.9. The molecule has 2 rings (SSSR count). The molecule has 9 heteroatoms. The van der Waals surface area contributed by atoms with E-state index < -0.39 is 4.92 Å². The normalized spacial score (nSPS) is 17.4. The van der Waals surface area contributed by atoms with Crippen LogP contribution >= 0.6 is 12.4 Å². The molecular weight excluding hydrogens is 322 g/mol. The number of hydrogen-bond donors (Lipinski definition) is 2. The van der Waals surface area contributed by atoms with E-state index in [4.69, 9.17) is 0 Å². The van der Waals surface area contributed by atoms with E-state index in [1.165, 1.54) is 4.68 Å². The van der Waals surface area contributed by atoms with Crippen molar-refractivity contribution in [3.05, 3.63) is 21.5 Å². The van der Waals surface area contributed by atoms with Crippen LogP contribution in [-0.2, 0) is 11.3 Å². The number of carbonyl (C=O) groups is 1. The van der Waals surface area contributed by atoms with E-state index in [0.717, 1.165) is 25.9 Å². The van der Waals surface area contributed by atoms with Gasteiger partial charge >= 0.3 is 5.69 Å². The average Bonchev–Trinajstić information content (AvgIpc) is 2.78. The van der Waals surface area contributed by atoms with Crippen molar-refractivity contribution < 1.29 is 9.72 Å². The number of amides is 1. The highest BCUT2D eigenvalue weighted by atomic mass is 35.5. The summed E-state index contributed by atoms with van der Waals surface area (Å²) in [5, 5.41) is 21.3. The number of nitro groups is 1. The van der Waals surface area contributed by atoms with Crippen LogP contribution in [0.1, 0.15) is 30.7 Å². The lowest BCUT2D eigenvalue weighted by molar-refractivity contribution is -0.386. The second-order valence-corrected chi connectivity index (χ2v) is 5.77. The molecule has 1 amide bonds. The summed E-state index contributed by atoms with van der Waals surface area (Å²) in [6.45, 7) is 6.31. The quantitative estimate of drug-likeness (QED) is 0.598. The third kappa shape index (κ3) is 5.18. The highest BCUT2D eigenvalue weighted by molar-refractivity contribution is 5.85. The monoisotopic (exact) mass is 345 g/mol. The molecule has 0 aliphatic carbocycles. The van der Waals surface area contributed by atoms with Crippen LogP contribution < -0.4 is 10.6 Å². The van der Waals surface area contributed by atoms with Gasteiger partial charge in [0.15, 0.2) is 0 Å². The zero-order valence-corrected chi connectivity index (χ0v) is 14.3. The predicted molar refractivity (Wildman–Crippen MR) is 88.8 cm³/mol. The molecule has 1 fully saturated rings. The summed E-state index contributed by atoms with van der Waals surface area (Å²) in [6, 6.07) is 0. The fourth-order valence-corrected chi connectivity index (χ4v) is 2.82. The van der Waals surface area contributed by atoms with Gasteiger partial charge in [-0.3, -0.25) is 19.6 Å². The Morgan fingerprint density at radius 3 is 2.83 bits per heavy atom. The zero-order valence-electron chi connectivity index (χ0n) is 13.5. The topological polar surface area (TPSA) is 102 Å². The van der Waals surface area contributed by atoms with E-state index in [1.54, 1.807) is 13.8 Å². The molecule has 0 spiro atoms. The number of aromatic nitrogens is 2. The first-order valence-corrected chi connectivity index (χ1v) is 7.65. The van der Waals surface area contributed by atoms with Crippen LogP contribution in [0.25, 0.3) is 0 Å². The first-order valence-electron chi connectivity index (χ1n) is 7.65. The van der Waals surface area contributed by atoms with Gasteiger partial charge in [-0.05, 0) is 45.7 Å². The van der Waals surface area contributed by atoms with Gasteiger partial charge in [-0.15, -0.1) is 12.4 Å². The minimum Gasteiger partial charge on any atom is -0.356 e. The fraction of sp³-hybridized carbons (Fsp3) is 0.714. The molecule has 1 atom stereocenters. The largest absolute Gasteiger partial charge is 0.356 e. The summed E-state index contributed by atoms with van der Waals surface area (Å²) >= 11 is 0. The molecule has 1 aliphatic heterocycles. The van der Waals surface area contributed by atoms with E-state index >= 15 is 0 Å². The maximum absolute atomic E-state index is 11.9. The summed E-state index contributed by atoms with van der Waals surface area (Å²) in [7, 11) is 0. The third-order valence-electron chi connectivity index (χ3n) is 4.06. The van der Waals surface area contributed by atoms with Gasteiger partial charge in [-0.25, -0.2) is 0 Å². The highest BCUT2D eigenvalue weighted by Crippen LogP contribution is 2.21. The maximum Gasteiger partial charge on any atom is 0.312 e. The Bertz CT molecular complexity index is 555. The Morgan fingerprint density at radius 2 is 2.26 bits per heavy atom. The Balaban J connectivity index is 0.00000264. The molecule has 0 radical (unpaired) electrons. The Hall–Kier alpha value is -1.67. The predicted octanol–water partition coefficient (Wildman–Crippen LogP) is 1.34. The minimum atomic E-state index is -0.426. The van der Waals surface area contributed by atoms with Gasteiger partial charge in [0.2, 0.25) is 5.91 Å². The zero-order chi connectivity index (χ0) is 16.1. The first-order chi connectivity index (χ1) is 10.5. The smallest absolute Gasteiger partial charge is 0.312 e. The van der Waals surface area contributed by atoms with Crippen LogP contribution in [0.3, 0.4) is 0 Å². The molecule has 2 N–H and O–H groups in total. The van der Waals surface area contributed by atoms with Gasteiger partial charge in [-0.2, -0.15) is 5.10 Å². The van der Waals surface area contributed by atoms with Crippen molar-refractivity contribution in [2.45, 2.75) is 39.7 Å². The van der Waals surface area contributed by atoms with E-state index in [1.807, 2.05) is 0 Å². The fourth-order valence-electron chi connectivity index (χ4n) is 2.82. The van der Waals surface area contributed by atoms with Crippen LogP contribution in [0.15, 0.2) is 0 Å². The average molecular weight is 346 g/mol. The van der Waals surface area contributed by atoms with Crippen molar-refractivity contribution in [2.75, 3.05) is 19.6 Å². The van der Waals surface area contributed by atoms with Crippen molar-refractivity contribution in [3.8, 4) is 0 Å². The van der Waals surface area contributed by atoms with Gasteiger partial charge in [-0.1, -0.05) is 0 Å². The molecule has 1 aliphatic rings. The number of halogens is 1. The number of aryl methyl sites for hydroxylation is 2. The van der Waals surface area contributed by atoms with Gasteiger partial charge < -0.3 is 10.6 Å². The van der Waals surface area contributed by atoms with E-state index in [-0.39, 0.29) is 30.4 Å². The molecule has 0 bridgehead atoms. The second-order valence-electron chi connectivity index (χ2n) is 5.77. The molecule has 1 saturated heterocycles. The third-order valence-corrected chi connectivity index (χ3v) is 4.06. The minimum absolute atomic E-state index is 0. The Labute approximate surface area is 141 Å². The van der Waals surface area contributed by atoms with Crippen LogP contribution in [0.2, 0.25) is 0 Å². The highest BCUT2D eigenvalue weighted by Gasteiger charge is 2.22. The standard InChI is InChI=1S/C14H23N5O3.ClH/c1-10-14(19(21)22)11(2)18(17-10)7-5-13(20)16-9-12-4-3-6-15-8-12;/h12,15H,3-9H2,1-2H3,(H,16,20);1H. The molecule has 1 unspecified atom stereocenters. The van der Waals surface area contributed by atoms with Gasteiger partial charge in [0.05, 0.1) is 11.5 Å². The van der Waals surface area contributed by atoms with E-state index in [0.29, 0.717) is 30.4 Å². The van der Waals surface area contributed by atoms with Gasteiger partial charge in [0.25, 0.3) is 0 Å². The SMILES string of the molecule is Cc1nn(CCC(=O)NCC2CCCNC2)c(C)c1[N+](=O)[O-].Cl. The van der Waals surface area contributed by atoms with E-state index in [2.05, 4.69) is 15.7 Å². The summed E-state index contributed by atoms with van der Waals surface area (Å²) < 4.78 is 1.54. The molecule has 8 nitrogen and oxygen atoms in total. The molecule has 1 aromatic heterocycles. The van der Waals surface area contributed by atoms with Gasteiger partial charge in [0, 0.05) is 13.0 Å². The number of piperidine rings is 1. The molecule has 0 aromatic carbocycles. The van der Waals surface area contributed by atoms with Crippen molar-refractivity contribution in [1.82, 2.24) is 20.4 Å². The first kappa shape index (κ1) is 19.4. The van der Waals surface area contributed by atoms with Crippen LogP contribution in [0.5, 0.6) is 0 Å². The Kier molecular flexibility index (Phi) is 7.44. The summed E-state index contributed by atoms with van der Waals surface area (Å²) in [5.41, 5.74) is 0.914. The lowest BCUT2D eigenvalue weighted by Crippen LogP contribution is -2.38. The van der Waals surface area contributed by atoms with Crippen LogP contribution in [-0.4, -0.2) is 40.2 Å². The molecule has 23 heavy (non-hydrogen) atoms. The number of carbonyl (C=O) groups excluding carboxylic acids is 1. The number of rotatable bonds is 6. The summed E-state index contributed by atoms with van der Waals surface area (Å²) in [6.07, 6.45) is 2.56. The van der Waals surface area contributed by atoms with Gasteiger partial charge in [0.1, 0.15) is 11.4 Å². The van der Waals surface area contributed by atoms with Crippen LogP contribution in [0.4, 0.5) is 5.69 Å². The van der Waals surface area contributed by atoms with Crippen molar-refractivity contribution in [2.24, 2.45) is 5.92 Å². The molecular formula is C14H24ClN5O3. The second kappa shape index (κ2) is 8.83. The summed E-state index contributed by atoms with van der Waals surface area (Å²) in [4.78, 5) is 22.4. The van der Waals surface area contributed by atoms with E-state index in [9.17, 15) is 14.9 Å². The number of nitrogens with zero attached hydrogens (tertiary/aromatic N) is 3. The molecule has 1 aromatic rings. The number of nitrogens with one attached hydrogen (secondary N) is 2. The lowest BCUT2D eigenvalue weighted by Gasteiger charge is -2.22. The van der Waals surface area contributed by atoms with Crippen molar-refractivity contribution in [3.63, 3.8) is 0 Å². The van der Waals surface area contributed by atoms with Crippen molar-refractivity contribution in [1.29, 1.82) is 0 Å². The molecule has 2 heterocycles. The van der Waals surface area contributed by atoms with Crippen LogP contribution in [0, 0.1) is 29.9 Å². The Morgan fingerprint density at radius 1 is 1.52 bits per heavy atom. The number of hydrogen-bond acceptors (Lipinski definition) is 5. The van der Waals surface area contributed by atoms with Crippen molar-refractivity contribution >= 4 is 24.0 Å².